The second-order valence-electron chi connectivity index (χ2n) is 4.30. The molecule has 2 amide bonds. The molecule has 0 spiro atoms. The van der Waals surface area contributed by atoms with Crippen molar-refractivity contribution < 1.29 is 29.0 Å². The van der Waals surface area contributed by atoms with Crippen molar-refractivity contribution in [3.05, 3.63) is 23.7 Å². The number of aliphatic carboxylic acids is 2. The van der Waals surface area contributed by atoms with E-state index < -0.39 is 30.4 Å². The predicted octanol–water partition coefficient (Wildman–Crippen LogP) is 0.657. The molecule has 0 aliphatic carbocycles. The van der Waals surface area contributed by atoms with Crippen LogP contribution >= 0.6 is 0 Å². The Balaban J connectivity index is 2.62. The zero-order valence-electron chi connectivity index (χ0n) is 11.1. The molecule has 1 atom stereocenters. The first-order chi connectivity index (χ1) is 9.31. The minimum Gasteiger partial charge on any atom is -0.481 e. The van der Waals surface area contributed by atoms with Gasteiger partial charge in [0.05, 0.1) is 19.2 Å². The summed E-state index contributed by atoms with van der Waals surface area (Å²) in [7, 11) is 1.47. The van der Waals surface area contributed by atoms with E-state index in [1.165, 1.54) is 18.2 Å². The number of nitrogens with one attached hydrogen (secondary N) is 1. The molecule has 3 N–H and O–H groups in total. The minimum atomic E-state index is -1.46. The van der Waals surface area contributed by atoms with Crippen molar-refractivity contribution in [2.24, 2.45) is 0 Å². The lowest BCUT2D eigenvalue weighted by Gasteiger charge is -2.20. The number of hydrogen-bond donors (Lipinski definition) is 3. The molecule has 8 heteroatoms. The summed E-state index contributed by atoms with van der Waals surface area (Å²) < 4.78 is 5.09. The van der Waals surface area contributed by atoms with Gasteiger partial charge < -0.3 is 24.8 Å². The van der Waals surface area contributed by atoms with Crippen LogP contribution < -0.4 is 5.32 Å². The first-order valence-electron chi connectivity index (χ1n) is 5.80. The van der Waals surface area contributed by atoms with E-state index in [0.717, 1.165) is 5.56 Å². The molecule has 0 unspecified atom stereocenters. The Hall–Kier alpha value is -2.51. The summed E-state index contributed by atoms with van der Waals surface area (Å²) >= 11 is 0. The second-order valence-corrected chi connectivity index (χ2v) is 4.30. The molecule has 0 saturated heterocycles. The third kappa shape index (κ3) is 4.30. The summed E-state index contributed by atoms with van der Waals surface area (Å²) in [5, 5.41) is 19.6. The number of carbonyl (C=O) groups is 3. The fourth-order valence-corrected chi connectivity index (χ4v) is 1.54. The highest BCUT2D eigenvalue weighted by molar-refractivity contribution is 5.86. The van der Waals surface area contributed by atoms with Crippen LogP contribution in [0.2, 0.25) is 0 Å². The van der Waals surface area contributed by atoms with E-state index in [1.807, 2.05) is 0 Å². The van der Waals surface area contributed by atoms with E-state index >= 15 is 0 Å². The molecule has 0 aliphatic heterocycles. The van der Waals surface area contributed by atoms with E-state index in [4.69, 9.17) is 14.6 Å². The Morgan fingerprint density at radius 3 is 2.50 bits per heavy atom. The Labute approximate surface area is 115 Å². The number of carbonyl (C=O) groups excluding carboxylic acids is 1. The monoisotopic (exact) mass is 284 g/mol. The van der Waals surface area contributed by atoms with Gasteiger partial charge in [0, 0.05) is 12.6 Å². The van der Waals surface area contributed by atoms with Gasteiger partial charge in [0.25, 0.3) is 0 Å². The first kappa shape index (κ1) is 15.5. The van der Waals surface area contributed by atoms with Gasteiger partial charge in [-0.2, -0.15) is 0 Å². The number of urea groups is 1. The molecule has 1 aromatic heterocycles. The lowest BCUT2D eigenvalue weighted by atomic mass is 10.2. The molecule has 0 fully saturated rings. The molecule has 0 bridgehead atoms. The van der Waals surface area contributed by atoms with Gasteiger partial charge in [-0.05, 0) is 13.0 Å². The van der Waals surface area contributed by atoms with Crippen molar-refractivity contribution in [2.45, 2.75) is 25.9 Å². The summed E-state index contributed by atoms with van der Waals surface area (Å²) in [6.45, 7) is 1.97. The molecule has 0 aromatic carbocycles. The van der Waals surface area contributed by atoms with Crippen LogP contribution in [0.15, 0.2) is 16.7 Å². The van der Waals surface area contributed by atoms with E-state index in [0.29, 0.717) is 5.76 Å². The molecule has 1 heterocycles. The maximum Gasteiger partial charge on any atom is 0.326 e. The Bertz CT molecular complexity index is 510. The quantitative estimate of drug-likeness (QED) is 0.705. The largest absolute Gasteiger partial charge is 0.481 e. The summed E-state index contributed by atoms with van der Waals surface area (Å²) in [5.41, 5.74) is 0.785. The predicted molar refractivity (Wildman–Crippen MR) is 67.1 cm³/mol. The van der Waals surface area contributed by atoms with Gasteiger partial charge in [0.2, 0.25) is 0 Å². The van der Waals surface area contributed by atoms with Crippen molar-refractivity contribution in [1.29, 1.82) is 0 Å². The maximum absolute atomic E-state index is 11.8. The van der Waals surface area contributed by atoms with Gasteiger partial charge in [0.15, 0.2) is 0 Å². The molecule has 0 radical (unpaired) electrons. The smallest absolute Gasteiger partial charge is 0.326 e. The molecular formula is C12H16N2O6. The van der Waals surface area contributed by atoms with Gasteiger partial charge in [-0.25, -0.2) is 9.59 Å². The van der Waals surface area contributed by atoms with Crippen molar-refractivity contribution >= 4 is 18.0 Å². The first-order valence-corrected chi connectivity index (χ1v) is 5.80. The van der Waals surface area contributed by atoms with Crippen LogP contribution in [-0.4, -0.2) is 46.2 Å². The number of furan rings is 1. The van der Waals surface area contributed by atoms with Crippen LogP contribution in [0.5, 0.6) is 0 Å². The maximum atomic E-state index is 11.8. The van der Waals surface area contributed by atoms with Gasteiger partial charge >= 0.3 is 18.0 Å². The van der Waals surface area contributed by atoms with Crippen molar-refractivity contribution in [1.82, 2.24) is 10.2 Å². The lowest BCUT2D eigenvalue weighted by Crippen LogP contribution is -2.47. The molecule has 8 nitrogen and oxygen atoms in total. The van der Waals surface area contributed by atoms with Gasteiger partial charge in [-0.3, -0.25) is 4.79 Å². The fraction of sp³-hybridized carbons (Fsp3) is 0.417. The Morgan fingerprint density at radius 1 is 1.40 bits per heavy atom. The van der Waals surface area contributed by atoms with Gasteiger partial charge in [-0.1, -0.05) is 0 Å². The van der Waals surface area contributed by atoms with Gasteiger partial charge in [-0.15, -0.1) is 0 Å². The van der Waals surface area contributed by atoms with Crippen molar-refractivity contribution in [3.8, 4) is 0 Å². The van der Waals surface area contributed by atoms with Crippen LogP contribution in [0, 0.1) is 6.92 Å². The summed E-state index contributed by atoms with van der Waals surface area (Å²) in [6.07, 6.45) is 0.806. The molecule has 1 rings (SSSR count). The summed E-state index contributed by atoms with van der Waals surface area (Å²) in [6, 6.07) is -0.433. The normalized spacial score (nSPS) is 11.7. The highest BCUT2D eigenvalue weighted by Gasteiger charge is 2.24. The Kier molecular flexibility index (Phi) is 5.13. The Morgan fingerprint density at radius 2 is 2.05 bits per heavy atom. The second kappa shape index (κ2) is 6.60. The van der Waals surface area contributed by atoms with Crippen molar-refractivity contribution in [3.63, 3.8) is 0 Å². The van der Waals surface area contributed by atoms with Crippen LogP contribution in [0.4, 0.5) is 4.79 Å². The molecular weight excluding hydrogens is 268 g/mol. The number of aryl methyl sites for hydroxylation is 1. The zero-order valence-corrected chi connectivity index (χ0v) is 11.1. The SMILES string of the molecule is Cc1occc1CN(C)C(=O)N[C@H](CC(=O)O)C(=O)O. The number of amides is 2. The average molecular weight is 284 g/mol. The number of carboxylic acids is 2. The molecule has 20 heavy (non-hydrogen) atoms. The molecule has 110 valence electrons. The highest BCUT2D eigenvalue weighted by atomic mass is 16.4. The third-order valence-corrected chi connectivity index (χ3v) is 2.70. The van der Waals surface area contributed by atoms with Crippen LogP contribution in [0.25, 0.3) is 0 Å². The minimum absolute atomic E-state index is 0.230. The standard InChI is InChI=1S/C12H16N2O6/c1-7-8(3-4-20-7)6-14(2)12(19)13-9(11(17)18)5-10(15)16/h3-4,9H,5-6H2,1-2H3,(H,13,19)(H,15,16)(H,17,18)/t9-/m1/s1. The molecule has 0 aliphatic rings. The highest BCUT2D eigenvalue weighted by Crippen LogP contribution is 2.11. The average Bonchev–Trinajstić information content (AvgIpc) is 2.73. The van der Waals surface area contributed by atoms with E-state index in [-0.39, 0.29) is 6.54 Å². The van der Waals surface area contributed by atoms with Crippen molar-refractivity contribution in [2.75, 3.05) is 7.05 Å². The van der Waals surface area contributed by atoms with Crippen LogP contribution in [-0.2, 0) is 16.1 Å². The van der Waals surface area contributed by atoms with E-state index in [2.05, 4.69) is 5.32 Å². The number of rotatable bonds is 6. The zero-order chi connectivity index (χ0) is 15.3. The van der Waals surface area contributed by atoms with E-state index in [9.17, 15) is 14.4 Å². The summed E-state index contributed by atoms with van der Waals surface area (Å²) in [5.74, 6) is -2.04. The number of carboxylic acid groups (broad SMARTS) is 2. The number of nitrogens with zero attached hydrogens (tertiary/aromatic N) is 1. The third-order valence-electron chi connectivity index (χ3n) is 2.70. The van der Waals surface area contributed by atoms with Gasteiger partial charge in [0.1, 0.15) is 11.8 Å². The number of hydrogen-bond acceptors (Lipinski definition) is 4. The summed E-state index contributed by atoms with van der Waals surface area (Å²) in [4.78, 5) is 34.4. The molecule has 0 saturated carbocycles. The topological polar surface area (TPSA) is 120 Å². The van der Waals surface area contributed by atoms with Crippen LogP contribution in [0.3, 0.4) is 0 Å². The lowest BCUT2D eigenvalue weighted by molar-refractivity contribution is -0.145. The fourth-order valence-electron chi connectivity index (χ4n) is 1.54. The molecule has 1 aromatic rings. The van der Waals surface area contributed by atoms with Crippen LogP contribution in [0.1, 0.15) is 17.7 Å². The van der Waals surface area contributed by atoms with E-state index in [1.54, 1.807) is 13.0 Å².